The average Bonchev–Trinajstić information content (AvgIpc) is 2.55. The van der Waals surface area contributed by atoms with Crippen LogP contribution >= 0.6 is 0 Å². The fraction of sp³-hybridized carbons (Fsp3) is 0.867. The largest absolute Gasteiger partial charge is 0.228 e. The Morgan fingerprint density at radius 1 is 1.18 bits per heavy atom. The van der Waals surface area contributed by atoms with Gasteiger partial charge in [-0.1, -0.05) is 33.3 Å². The van der Waals surface area contributed by atoms with Crippen LogP contribution in [0.25, 0.3) is 0 Å². The van der Waals surface area contributed by atoms with Crippen molar-refractivity contribution in [2.24, 2.45) is 16.7 Å². The van der Waals surface area contributed by atoms with Crippen LogP contribution in [0.1, 0.15) is 53.4 Å². The average molecular weight is 236 g/mol. The first-order chi connectivity index (χ1) is 7.94. The van der Waals surface area contributed by atoms with E-state index in [2.05, 4.69) is 33.8 Å². The quantitative estimate of drug-likeness (QED) is 0.508. The molecule has 2 heteroatoms. The molecule has 0 spiro atoms. The van der Waals surface area contributed by atoms with E-state index < -0.39 is 0 Å². The Balaban J connectivity index is 1.92. The van der Waals surface area contributed by atoms with Gasteiger partial charge in [-0.25, -0.2) is 9.78 Å². The molecule has 0 amide bonds. The highest BCUT2D eigenvalue weighted by molar-refractivity contribution is 5.19. The van der Waals surface area contributed by atoms with Crippen LogP contribution in [0.4, 0.5) is 0 Å². The number of hydrogen-bond donors (Lipinski definition) is 0. The van der Waals surface area contributed by atoms with E-state index in [0.29, 0.717) is 16.7 Å². The van der Waals surface area contributed by atoms with Crippen molar-refractivity contribution >= 4 is 0 Å². The molecule has 0 aromatic heterocycles. The topological polar surface area (TPSA) is 18.5 Å². The molecule has 0 aromatic carbocycles. The summed E-state index contributed by atoms with van der Waals surface area (Å²) in [7, 11) is 0. The molecule has 2 heterocycles. The van der Waals surface area contributed by atoms with Crippen molar-refractivity contribution in [1.29, 1.82) is 0 Å². The second-order valence-corrected chi connectivity index (χ2v) is 7.05. The summed E-state index contributed by atoms with van der Waals surface area (Å²) in [6.07, 6.45) is 7.88. The van der Waals surface area contributed by atoms with Crippen LogP contribution in [0.3, 0.4) is 0 Å². The van der Waals surface area contributed by atoms with E-state index in [0.717, 1.165) is 6.42 Å². The van der Waals surface area contributed by atoms with Crippen molar-refractivity contribution in [1.82, 2.24) is 0 Å². The molecule has 1 saturated heterocycles. The Labute approximate surface area is 104 Å². The van der Waals surface area contributed by atoms with Gasteiger partial charge in [0.1, 0.15) is 12.2 Å². The van der Waals surface area contributed by atoms with Gasteiger partial charge in [-0.2, -0.15) is 0 Å². The third-order valence-electron chi connectivity index (χ3n) is 5.94. The fourth-order valence-corrected chi connectivity index (χ4v) is 4.21. The molecule has 0 unspecified atom stereocenters. The van der Waals surface area contributed by atoms with Gasteiger partial charge in [0.25, 0.3) is 0 Å². The smallest absolute Gasteiger partial charge is 0.115 e. The Morgan fingerprint density at radius 2 is 1.94 bits per heavy atom. The van der Waals surface area contributed by atoms with Crippen LogP contribution in [0, 0.1) is 16.7 Å². The third kappa shape index (κ3) is 1.53. The van der Waals surface area contributed by atoms with E-state index in [1.807, 2.05) is 0 Å². The summed E-state index contributed by atoms with van der Waals surface area (Å²) < 4.78 is 0. The Bertz CT molecular complexity index is 358. The van der Waals surface area contributed by atoms with E-state index in [-0.39, 0.29) is 12.2 Å². The molecule has 2 bridgehead atoms. The lowest BCUT2D eigenvalue weighted by Gasteiger charge is -2.51. The monoisotopic (exact) mass is 236 g/mol. The first-order valence-corrected chi connectivity index (χ1v) is 6.94. The van der Waals surface area contributed by atoms with Crippen LogP contribution in [0.5, 0.6) is 0 Å². The Hall–Kier alpha value is -0.340. The van der Waals surface area contributed by atoms with E-state index in [4.69, 9.17) is 9.78 Å². The lowest BCUT2D eigenvalue weighted by molar-refractivity contribution is -0.386. The lowest BCUT2D eigenvalue weighted by atomic mass is 9.58. The number of hydrogen-bond acceptors (Lipinski definition) is 2. The molecule has 2 aliphatic heterocycles. The zero-order chi connectivity index (χ0) is 12.3. The molecular weight excluding hydrogens is 212 g/mol. The van der Waals surface area contributed by atoms with Crippen molar-refractivity contribution in [2.75, 3.05) is 0 Å². The van der Waals surface area contributed by atoms with Crippen LogP contribution in [0.15, 0.2) is 11.6 Å². The normalized spacial score (nSPS) is 48.2. The highest BCUT2D eigenvalue weighted by Crippen LogP contribution is 2.60. The van der Waals surface area contributed by atoms with Crippen molar-refractivity contribution in [3.8, 4) is 0 Å². The predicted octanol–water partition coefficient (Wildman–Crippen LogP) is 3.87. The maximum absolute atomic E-state index is 5.55. The highest BCUT2D eigenvalue weighted by atomic mass is 17.2. The van der Waals surface area contributed by atoms with Gasteiger partial charge in [0.05, 0.1) is 0 Å². The SMILES string of the molecule is CC1=C[C@@H]2OO[C@H]1C[C@@H]2[C@]1(C)CCCC1(C)C. The second-order valence-electron chi connectivity index (χ2n) is 7.05. The Kier molecular flexibility index (Phi) is 2.47. The van der Waals surface area contributed by atoms with Crippen molar-refractivity contribution in [2.45, 2.75) is 65.6 Å². The van der Waals surface area contributed by atoms with Gasteiger partial charge in [0.2, 0.25) is 0 Å². The number of rotatable bonds is 1. The summed E-state index contributed by atoms with van der Waals surface area (Å²) in [6, 6.07) is 0. The van der Waals surface area contributed by atoms with Gasteiger partial charge < -0.3 is 0 Å². The molecule has 1 saturated carbocycles. The van der Waals surface area contributed by atoms with E-state index >= 15 is 0 Å². The molecular formula is C15H24O2. The minimum absolute atomic E-state index is 0.183. The van der Waals surface area contributed by atoms with E-state index in [1.54, 1.807) is 0 Å². The molecule has 17 heavy (non-hydrogen) atoms. The van der Waals surface area contributed by atoms with Crippen molar-refractivity contribution < 1.29 is 9.78 Å². The summed E-state index contributed by atoms with van der Waals surface area (Å²) in [5.74, 6) is 0.627. The van der Waals surface area contributed by atoms with Crippen LogP contribution in [-0.2, 0) is 9.78 Å². The summed E-state index contributed by atoms with van der Waals surface area (Å²) in [6.45, 7) is 9.50. The molecule has 4 atom stereocenters. The first-order valence-electron chi connectivity index (χ1n) is 6.94. The molecule has 96 valence electrons. The van der Waals surface area contributed by atoms with Gasteiger partial charge in [-0.3, -0.25) is 0 Å². The Morgan fingerprint density at radius 3 is 2.41 bits per heavy atom. The minimum Gasteiger partial charge on any atom is -0.228 e. The van der Waals surface area contributed by atoms with Crippen molar-refractivity contribution in [3.05, 3.63) is 11.6 Å². The molecule has 0 N–H and O–H groups in total. The maximum Gasteiger partial charge on any atom is 0.115 e. The summed E-state index contributed by atoms with van der Waals surface area (Å²) >= 11 is 0. The zero-order valence-corrected chi connectivity index (χ0v) is 11.5. The maximum atomic E-state index is 5.55. The van der Waals surface area contributed by atoms with Crippen LogP contribution in [0.2, 0.25) is 0 Å². The zero-order valence-electron chi connectivity index (χ0n) is 11.5. The van der Waals surface area contributed by atoms with Crippen LogP contribution in [-0.4, -0.2) is 12.2 Å². The molecule has 4 aliphatic rings. The molecule has 0 aromatic rings. The van der Waals surface area contributed by atoms with E-state index in [1.165, 1.54) is 24.8 Å². The third-order valence-corrected chi connectivity index (χ3v) is 5.94. The molecule has 4 rings (SSSR count). The van der Waals surface area contributed by atoms with Gasteiger partial charge >= 0.3 is 0 Å². The fourth-order valence-electron chi connectivity index (χ4n) is 4.21. The highest BCUT2D eigenvalue weighted by Gasteiger charge is 2.55. The number of fused-ring (bicyclic) bond motifs is 2. The molecule has 0 radical (unpaired) electrons. The standard InChI is InChI=1S/C15H24O2/c1-10-8-13-11(9-12(10)16-17-13)15(4)7-5-6-14(15,2)3/h8,11-13H,5-7,9H2,1-4H3/t11-,12-,13-,15-/m0/s1. The second kappa shape index (κ2) is 3.58. The van der Waals surface area contributed by atoms with Gasteiger partial charge in [-0.15, -0.1) is 0 Å². The molecule has 2 nitrogen and oxygen atoms in total. The summed E-state index contributed by atoms with van der Waals surface area (Å²) in [5.41, 5.74) is 2.19. The van der Waals surface area contributed by atoms with Gasteiger partial charge in [-0.05, 0) is 42.6 Å². The summed E-state index contributed by atoms with van der Waals surface area (Å²) in [5, 5.41) is 0. The first kappa shape index (κ1) is 11.7. The van der Waals surface area contributed by atoms with Crippen molar-refractivity contribution in [3.63, 3.8) is 0 Å². The predicted molar refractivity (Wildman–Crippen MR) is 67.3 cm³/mol. The van der Waals surface area contributed by atoms with Crippen LogP contribution < -0.4 is 0 Å². The molecule has 2 aliphatic carbocycles. The molecule has 2 fully saturated rings. The van der Waals surface area contributed by atoms with Gasteiger partial charge in [0.15, 0.2) is 0 Å². The summed E-state index contributed by atoms with van der Waals surface area (Å²) in [4.78, 5) is 11.0. The van der Waals surface area contributed by atoms with E-state index in [9.17, 15) is 0 Å². The lowest BCUT2D eigenvalue weighted by Crippen LogP contribution is -2.50. The van der Waals surface area contributed by atoms with Gasteiger partial charge in [0, 0.05) is 5.92 Å². The minimum atomic E-state index is 0.183.